The number of anilines is 1. The summed E-state index contributed by atoms with van der Waals surface area (Å²) in [5.41, 5.74) is 0.370. The third-order valence-electron chi connectivity index (χ3n) is 3.03. The van der Waals surface area contributed by atoms with Gasteiger partial charge in [0.2, 0.25) is 0 Å². The molecule has 0 bridgehead atoms. The topological polar surface area (TPSA) is 68.3 Å². The summed E-state index contributed by atoms with van der Waals surface area (Å²) in [6.07, 6.45) is 2.29. The van der Waals surface area contributed by atoms with Crippen LogP contribution in [0.4, 0.5) is 5.82 Å². The predicted molar refractivity (Wildman–Crippen MR) is 96.0 cm³/mol. The summed E-state index contributed by atoms with van der Waals surface area (Å²) in [6.45, 7) is 1.47. The van der Waals surface area contributed by atoms with Crippen LogP contribution < -0.4 is 5.32 Å². The van der Waals surface area contributed by atoms with Crippen molar-refractivity contribution in [1.82, 2.24) is 4.98 Å². The Labute approximate surface area is 153 Å². The van der Waals surface area contributed by atoms with Crippen molar-refractivity contribution in [2.24, 2.45) is 0 Å². The molecule has 0 spiro atoms. The number of thioether (sulfide) groups is 1. The number of nitrogens with zero attached hydrogens (tertiary/aromatic N) is 1. The van der Waals surface area contributed by atoms with E-state index in [1.165, 1.54) is 19.2 Å². The maximum Gasteiger partial charge on any atom is 0.338 e. The maximum atomic E-state index is 12.1. The number of aromatic nitrogens is 1. The van der Waals surface area contributed by atoms with Crippen molar-refractivity contribution in [1.29, 1.82) is 0 Å². The van der Waals surface area contributed by atoms with Crippen molar-refractivity contribution < 1.29 is 14.3 Å². The highest BCUT2D eigenvalue weighted by Crippen LogP contribution is 2.22. The zero-order chi connectivity index (χ0) is 17.7. The van der Waals surface area contributed by atoms with Gasteiger partial charge in [-0.1, -0.05) is 23.2 Å². The lowest BCUT2D eigenvalue weighted by molar-refractivity contribution is -0.123. The van der Waals surface area contributed by atoms with Gasteiger partial charge in [0.25, 0.3) is 5.91 Å². The number of halogens is 2. The van der Waals surface area contributed by atoms with E-state index in [0.717, 1.165) is 4.90 Å². The van der Waals surface area contributed by atoms with Crippen LogP contribution >= 0.6 is 35.0 Å². The van der Waals surface area contributed by atoms with Crippen LogP contribution in [0, 0.1) is 0 Å². The van der Waals surface area contributed by atoms with E-state index in [0.29, 0.717) is 10.6 Å². The number of carbonyl (C=O) groups excluding carboxylic acids is 2. The molecule has 0 fully saturated rings. The van der Waals surface area contributed by atoms with Gasteiger partial charge < -0.3 is 10.1 Å². The van der Waals surface area contributed by atoms with Crippen LogP contribution in [0.25, 0.3) is 0 Å². The Morgan fingerprint density at radius 3 is 2.50 bits per heavy atom. The van der Waals surface area contributed by atoms with Gasteiger partial charge in [-0.3, -0.25) is 4.79 Å². The van der Waals surface area contributed by atoms with Crippen LogP contribution in [0.1, 0.15) is 17.3 Å². The van der Waals surface area contributed by atoms with Gasteiger partial charge in [0, 0.05) is 11.1 Å². The van der Waals surface area contributed by atoms with Gasteiger partial charge in [-0.2, -0.15) is 0 Å². The molecule has 0 radical (unpaired) electrons. The number of nitrogens with one attached hydrogen (secondary N) is 1. The molecule has 1 aromatic heterocycles. The molecule has 0 saturated carbocycles. The molecule has 1 aromatic carbocycles. The average molecular weight is 385 g/mol. The van der Waals surface area contributed by atoms with Gasteiger partial charge in [-0.15, -0.1) is 11.8 Å². The zero-order valence-corrected chi connectivity index (χ0v) is 15.2. The molecular formula is C16H14Cl2N2O3S. The SMILES string of the molecule is CSc1ccc(C(=O)O[C@H](C)C(=O)Nc2ncc(Cl)cc2Cl)cc1. The fourth-order valence-electron chi connectivity index (χ4n) is 1.73. The lowest BCUT2D eigenvalue weighted by Gasteiger charge is -2.14. The quantitative estimate of drug-likeness (QED) is 0.614. The van der Waals surface area contributed by atoms with E-state index >= 15 is 0 Å². The molecule has 2 rings (SSSR count). The second kappa shape index (κ2) is 8.37. The largest absolute Gasteiger partial charge is 0.449 e. The van der Waals surface area contributed by atoms with Crippen molar-refractivity contribution in [2.75, 3.05) is 11.6 Å². The second-order valence-corrected chi connectivity index (χ2v) is 6.47. The Balaban J connectivity index is 1.98. The van der Waals surface area contributed by atoms with Gasteiger partial charge in [0.05, 0.1) is 15.6 Å². The molecule has 2 aromatic rings. The van der Waals surface area contributed by atoms with Crippen LogP contribution in [0.2, 0.25) is 10.0 Å². The molecule has 126 valence electrons. The van der Waals surface area contributed by atoms with Crippen LogP contribution in [0.15, 0.2) is 41.4 Å². The first-order valence-electron chi connectivity index (χ1n) is 6.87. The lowest BCUT2D eigenvalue weighted by atomic mass is 10.2. The average Bonchev–Trinajstić information content (AvgIpc) is 2.57. The lowest BCUT2D eigenvalue weighted by Crippen LogP contribution is -2.30. The van der Waals surface area contributed by atoms with Gasteiger partial charge in [-0.25, -0.2) is 9.78 Å². The Hall–Kier alpha value is -1.76. The maximum absolute atomic E-state index is 12.1. The molecule has 1 atom stereocenters. The normalized spacial score (nSPS) is 11.7. The minimum atomic E-state index is -1.01. The number of amides is 1. The number of ether oxygens (including phenoxy) is 1. The Kier molecular flexibility index (Phi) is 6.48. The number of benzene rings is 1. The highest BCUT2D eigenvalue weighted by Gasteiger charge is 2.20. The van der Waals surface area contributed by atoms with Crippen molar-refractivity contribution in [3.8, 4) is 0 Å². The van der Waals surface area contributed by atoms with Crippen molar-refractivity contribution >= 4 is 52.7 Å². The third-order valence-corrected chi connectivity index (χ3v) is 4.27. The summed E-state index contributed by atoms with van der Waals surface area (Å²) in [7, 11) is 0. The highest BCUT2D eigenvalue weighted by atomic mass is 35.5. The molecule has 1 heterocycles. The molecule has 8 heteroatoms. The van der Waals surface area contributed by atoms with Crippen LogP contribution in [-0.2, 0) is 9.53 Å². The molecule has 0 unspecified atom stereocenters. The molecule has 0 aliphatic rings. The van der Waals surface area contributed by atoms with Crippen molar-refractivity contribution in [3.63, 3.8) is 0 Å². The van der Waals surface area contributed by atoms with Crippen molar-refractivity contribution in [3.05, 3.63) is 52.1 Å². The Morgan fingerprint density at radius 1 is 1.25 bits per heavy atom. The summed E-state index contributed by atoms with van der Waals surface area (Å²) in [4.78, 5) is 29.1. The van der Waals surface area contributed by atoms with Gasteiger partial charge in [-0.05, 0) is 43.5 Å². The number of esters is 1. The summed E-state index contributed by atoms with van der Waals surface area (Å²) in [5.74, 6) is -0.973. The summed E-state index contributed by atoms with van der Waals surface area (Å²) >= 11 is 13.2. The number of pyridine rings is 1. The van der Waals surface area contributed by atoms with E-state index < -0.39 is 18.0 Å². The molecule has 1 amide bonds. The van der Waals surface area contributed by atoms with Crippen LogP contribution in [-0.4, -0.2) is 29.2 Å². The van der Waals surface area contributed by atoms with E-state index in [-0.39, 0.29) is 10.8 Å². The fraction of sp³-hybridized carbons (Fsp3) is 0.188. The Bertz CT molecular complexity index is 753. The summed E-state index contributed by atoms with van der Waals surface area (Å²) < 4.78 is 5.15. The first kappa shape index (κ1) is 18.6. The van der Waals surface area contributed by atoms with E-state index in [9.17, 15) is 9.59 Å². The van der Waals surface area contributed by atoms with Gasteiger partial charge in [0.15, 0.2) is 11.9 Å². The van der Waals surface area contributed by atoms with Crippen LogP contribution in [0.5, 0.6) is 0 Å². The van der Waals surface area contributed by atoms with E-state index in [2.05, 4.69) is 10.3 Å². The Morgan fingerprint density at radius 2 is 1.92 bits per heavy atom. The predicted octanol–water partition coefficient (Wildman–Crippen LogP) is 4.29. The molecule has 0 aliphatic carbocycles. The first-order chi connectivity index (χ1) is 11.4. The van der Waals surface area contributed by atoms with Crippen LogP contribution in [0.3, 0.4) is 0 Å². The number of hydrogen-bond acceptors (Lipinski definition) is 5. The van der Waals surface area contributed by atoms with Gasteiger partial charge in [0.1, 0.15) is 0 Å². The zero-order valence-electron chi connectivity index (χ0n) is 12.9. The monoisotopic (exact) mass is 384 g/mol. The number of carbonyl (C=O) groups is 2. The van der Waals surface area contributed by atoms with E-state index in [1.54, 1.807) is 23.9 Å². The minimum Gasteiger partial charge on any atom is -0.449 e. The van der Waals surface area contributed by atoms with E-state index in [4.69, 9.17) is 27.9 Å². The molecular weight excluding hydrogens is 371 g/mol. The number of hydrogen-bond donors (Lipinski definition) is 1. The molecule has 0 aliphatic heterocycles. The summed E-state index contributed by atoms with van der Waals surface area (Å²) in [5, 5.41) is 3.04. The number of rotatable bonds is 5. The second-order valence-electron chi connectivity index (χ2n) is 4.75. The highest BCUT2D eigenvalue weighted by molar-refractivity contribution is 7.98. The molecule has 24 heavy (non-hydrogen) atoms. The first-order valence-corrected chi connectivity index (χ1v) is 8.85. The summed E-state index contributed by atoms with van der Waals surface area (Å²) in [6, 6.07) is 8.37. The molecule has 0 saturated heterocycles. The fourth-order valence-corrected chi connectivity index (χ4v) is 2.57. The molecule has 5 nitrogen and oxygen atoms in total. The minimum absolute atomic E-state index is 0.151. The molecule has 1 N–H and O–H groups in total. The third kappa shape index (κ3) is 4.87. The van der Waals surface area contributed by atoms with E-state index in [1.807, 2.05) is 18.4 Å². The van der Waals surface area contributed by atoms with Crippen molar-refractivity contribution in [2.45, 2.75) is 17.9 Å². The smallest absolute Gasteiger partial charge is 0.338 e. The van der Waals surface area contributed by atoms with Gasteiger partial charge >= 0.3 is 5.97 Å². The standard InChI is InChI=1S/C16H14Cl2N2O3S/c1-9(15(21)20-14-13(18)7-11(17)8-19-14)23-16(22)10-3-5-12(24-2)6-4-10/h3-9H,1-2H3,(H,19,20,21)/t9-/m1/s1.